The highest BCUT2D eigenvalue weighted by atomic mass is 16.6. The number of carbonyl (C=O) groups is 1. The number of fused-ring (bicyclic) bond motifs is 4. The van der Waals surface area contributed by atoms with Crippen LogP contribution in [0.5, 0.6) is 0 Å². The molecule has 1 atom stereocenters. The summed E-state index contributed by atoms with van der Waals surface area (Å²) >= 11 is 0. The van der Waals surface area contributed by atoms with Crippen molar-refractivity contribution >= 4 is 23.0 Å². The van der Waals surface area contributed by atoms with Gasteiger partial charge in [0, 0.05) is 32.1 Å². The normalized spacial score (nSPS) is 19.0. The minimum atomic E-state index is -0.434. The molecule has 1 unspecified atom stereocenters. The fourth-order valence-corrected chi connectivity index (χ4v) is 3.48. The lowest BCUT2D eigenvalue weighted by Crippen LogP contribution is -2.54. The van der Waals surface area contributed by atoms with Crippen molar-refractivity contribution < 1.29 is 9.72 Å². The summed E-state index contributed by atoms with van der Waals surface area (Å²) in [7, 11) is 1.68. The summed E-state index contributed by atoms with van der Waals surface area (Å²) < 4.78 is 0. The number of rotatable bonds is 1. The van der Waals surface area contributed by atoms with Gasteiger partial charge in [-0.05, 0) is 17.2 Å². The summed E-state index contributed by atoms with van der Waals surface area (Å²) in [6.07, 6.45) is 0.662. The number of amides is 1. The Labute approximate surface area is 133 Å². The SMILES string of the molecule is CN1C(=O)C2Cc3ccccc3CN2c2ccc([N+](=O)[O-])cc21. The van der Waals surface area contributed by atoms with E-state index in [4.69, 9.17) is 0 Å². The first kappa shape index (κ1) is 13.8. The van der Waals surface area contributed by atoms with Gasteiger partial charge in [-0.25, -0.2) is 0 Å². The van der Waals surface area contributed by atoms with Crippen LogP contribution in [-0.2, 0) is 17.8 Å². The molecule has 6 nitrogen and oxygen atoms in total. The first-order valence-corrected chi connectivity index (χ1v) is 7.45. The summed E-state index contributed by atoms with van der Waals surface area (Å²) in [6.45, 7) is 0.644. The molecule has 0 aromatic heterocycles. The van der Waals surface area contributed by atoms with Gasteiger partial charge in [0.05, 0.1) is 16.3 Å². The fraction of sp³-hybridized carbons (Fsp3) is 0.235. The van der Waals surface area contributed by atoms with E-state index in [1.165, 1.54) is 28.2 Å². The average Bonchev–Trinajstić information content (AvgIpc) is 2.58. The quantitative estimate of drug-likeness (QED) is 0.599. The van der Waals surface area contributed by atoms with Gasteiger partial charge in [0.25, 0.3) is 5.69 Å². The number of nitro benzene ring substituents is 1. The number of nitro groups is 1. The van der Waals surface area contributed by atoms with Crippen LogP contribution in [0, 0.1) is 10.1 Å². The summed E-state index contributed by atoms with van der Waals surface area (Å²) in [6, 6.07) is 12.6. The van der Waals surface area contributed by atoms with E-state index in [0.29, 0.717) is 18.7 Å². The smallest absolute Gasteiger partial charge is 0.271 e. The molecule has 4 rings (SSSR count). The van der Waals surface area contributed by atoms with E-state index in [1.54, 1.807) is 13.1 Å². The average molecular weight is 309 g/mol. The molecule has 0 radical (unpaired) electrons. The number of non-ortho nitro benzene ring substituents is 1. The molecule has 2 aliphatic heterocycles. The maximum absolute atomic E-state index is 12.7. The molecule has 2 heterocycles. The van der Waals surface area contributed by atoms with Crippen molar-refractivity contribution in [2.75, 3.05) is 16.8 Å². The van der Waals surface area contributed by atoms with Gasteiger partial charge >= 0.3 is 0 Å². The summed E-state index contributed by atoms with van der Waals surface area (Å²) in [4.78, 5) is 26.9. The second kappa shape index (κ2) is 4.81. The van der Waals surface area contributed by atoms with Crippen LogP contribution in [0.15, 0.2) is 42.5 Å². The van der Waals surface area contributed by atoms with E-state index in [2.05, 4.69) is 17.0 Å². The Bertz CT molecular complexity index is 834. The zero-order valence-electron chi connectivity index (χ0n) is 12.6. The highest BCUT2D eigenvalue weighted by Gasteiger charge is 2.39. The molecule has 23 heavy (non-hydrogen) atoms. The number of anilines is 2. The zero-order valence-corrected chi connectivity index (χ0v) is 12.6. The molecule has 116 valence electrons. The minimum absolute atomic E-state index is 0.000686. The second-order valence-corrected chi connectivity index (χ2v) is 5.94. The van der Waals surface area contributed by atoms with Crippen molar-refractivity contribution in [2.24, 2.45) is 0 Å². The molecular weight excluding hydrogens is 294 g/mol. The standard InChI is InChI=1S/C17H15N3O3/c1-18-15-9-13(20(22)23)6-7-14(15)19-10-12-5-3-2-4-11(12)8-16(19)17(18)21/h2-7,9,16H,8,10H2,1H3. The highest BCUT2D eigenvalue weighted by Crippen LogP contribution is 2.41. The molecule has 0 fully saturated rings. The van der Waals surface area contributed by atoms with Crippen LogP contribution in [-0.4, -0.2) is 23.9 Å². The van der Waals surface area contributed by atoms with Crippen molar-refractivity contribution in [3.8, 4) is 0 Å². The van der Waals surface area contributed by atoms with Gasteiger partial charge < -0.3 is 9.80 Å². The van der Waals surface area contributed by atoms with Crippen molar-refractivity contribution in [3.63, 3.8) is 0 Å². The van der Waals surface area contributed by atoms with E-state index in [1.807, 2.05) is 12.1 Å². The highest BCUT2D eigenvalue weighted by molar-refractivity contribution is 6.06. The molecule has 2 aromatic rings. The number of benzene rings is 2. The fourth-order valence-electron chi connectivity index (χ4n) is 3.48. The third-order valence-electron chi connectivity index (χ3n) is 4.70. The maximum Gasteiger partial charge on any atom is 0.271 e. The lowest BCUT2D eigenvalue weighted by Gasteiger charge is -2.44. The Balaban J connectivity index is 1.84. The van der Waals surface area contributed by atoms with E-state index in [0.717, 1.165) is 5.69 Å². The Morgan fingerprint density at radius 3 is 2.61 bits per heavy atom. The van der Waals surface area contributed by atoms with Gasteiger partial charge in [-0.15, -0.1) is 0 Å². The van der Waals surface area contributed by atoms with E-state index >= 15 is 0 Å². The number of nitrogens with zero attached hydrogens (tertiary/aromatic N) is 3. The van der Waals surface area contributed by atoms with Crippen LogP contribution in [0.1, 0.15) is 11.1 Å². The third kappa shape index (κ3) is 1.98. The van der Waals surface area contributed by atoms with Gasteiger partial charge in [0.2, 0.25) is 5.91 Å². The number of hydrogen-bond acceptors (Lipinski definition) is 4. The molecule has 0 saturated carbocycles. The van der Waals surface area contributed by atoms with Crippen molar-refractivity contribution in [1.29, 1.82) is 0 Å². The molecule has 0 bridgehead atoms. The first-order chi connectivity index (χ1) is 11.1. The van der Waals surface area contributed by atoms with Crippen LogP contribution in [0.4, 0.5) is 17.1 Å². The molecule has 6 heteroatoms. The second-order valence-electron chi connectivity index (χ2n) is 5.94. The van der Waals surface area contributed by atoms with Gasteiger partial charge in [0.15, 0.2) is 0 Å². The lowest BCUT2D eigenvalue weighted by molar-refractivity contribution is -0.384. The predicted octanol–water partition coefficient (Wildman–Crippen LogP) is 2.50. The molecule has 0 N–H and O–H groups in total. The Morgan fingerprint density at radius 1 is 1.13 bits per heavy atom. The molecule has 2 aromatic carbocycles. The first-order valence-electron chi connectivity index (χ1n) is 7.45. The summed E-state index contributed by atoms with van der Waals surface area (Å²) in [5.41, 5.74) is 3.86. The minimum Gasteiger partial charge on any atom is -0.353 e. The molecular formula is C17H15N3O3. The molecule has 0 spiro atoms. The Morgan fingerprint density at radius 2 is 1.87 bits per heavy atom. The monoisotopic (exact) mass is 309 g/mol. The molecule has 0 aliphatic carbocycles. The lowest BCUT2D eigenvalue weighted by atomic mass is 9.90. The largest absolute Gasteiger partial charge is 0.353 e. The van der Waals surface area contributed by atoms with Crippen LogP contribution in [0.2, 0.25) is 0 Å². The van der Waals surface area contributed by atoms with Gasteiger partial charge in [-0.1, -0.05) is 24.3 Å². The van der Waals surface area contributed by atoms with Gasteiger partial charge in [-0.2, -0.15) is 0 Å². The van der Waals surface area contributed by atoms with Crippen molar-refractivity contribution in [1.82, 2.24) is 0 Å². The van der Waals surface area contributed by atoms with Crippen LogP contribution < -0.4 is 9.80 Å². The van der Waals surface area contributed by atoms with Crippen LogP contribution in [0.25, 0.3) is 0 Å². The predicted molar refractivity (Wildman–Crippen MR) is 86.6 cm³/mol. The summed E-state index contributed by atoms with van der Waals surface area (Å²) in [5, 5.41) is 11.0. The number of hydrogen-bond donors (Lipinski definition) is 0. The van der Waals surface area contributed by atoms with Crippen molar-refractivity contribution in [3.05, 3.63) is 63.7 Å². The Kier molecular flexibility index (Phi) is 2.87. The van der Waals surface area contributed by atoms with Gasteiger partial charge in [-0.3, -0.25) is 14.9 Å². The van der Waals surface area contributed by atoms with Crippen LogP contribution in [0.3, 0.4) is 0 Å². The number of likely N-dealkylation sites (N-methyl/N-ethyl adjacent to an activating group) is 1. The molecule has 1 amide bonds. The maximum atomic E-state index is 12.7. The van der Waals surface area contributed by atoms with E-state index in [-0.39, 0.29) is 17.6 Å². The molecule has 2 aliphatic rings. The summed E-state index contributed by atoms with van der Waals surface area (Å²) in [5.74, 6) is -0.0208. The third-order valence-corrected chi connectivity index (χ3v) is 4.70. The van der Waals surface area contributed by atoms with Crippen molar-refractivity contribution in [2.45, 2.75) is 19.0 Å². The Hall–Kier alpha value is -2.89. The zero-order chi connectivity index (χ0) is 16.1. The van der Waals surface area contributed by atoms with Gasteiger partial charge in [0.1, 0.15) is 6.04 Å². The van der Waals surface area contributed by atoms with Crippen LogP contribution >= 0.6 is 0 Å². The molecule has 0 saturated heterocycles. The van der Waals surface area contributed by atoms with E-state index < -0.39 is 4.92 Å². The van der Waals surface area contributed by atoms with E-state index in [9.17, 15) is 14.9 Å². The number of carbonyl (C=O) groups excluding carboxylic acids is 1. The topological polar surface area (TPSA) is 66.7 Å².